The van der Waals surface area contributed by atoms with Crippen LogP contribution in [0.1, 0.15) is 18.9 Å². The first-order chi connectivity index (χ1) is 13.5. The Morgan fingerprint density at radius 2 is 1.82 bits per heavy atom. The van der Waals surface area contributed by atoms with Crippen molar-refractivity contribution in [3.05, 3.63) is 50.5 Å². The zero-order valence-corrected chi connectivity index (χ0v) is 15.5. The normalized spacial score (nSPS) is 18.3. The maximum atomic E-state index is 15.7. The molecule has 1 aliphatic carbocycles. The van der Waals surface area contributed by atoms with Crippen molar-refractivity contribution in [1.82, 2.24) is 14.5 Å². The van der Waals surface area contributed by atoms with Crippen LogP contribution in [0.5, 0.6) is 0 Å². The molecule has 2 aliphatic rings. The summed E-state index contributed by atoms with van der Waals surface area (Å²) in [5, 5.41) is -0.128. The average molecular weight is 386 g/mol. The molecule has 3 heterocycles. The first kappa shape index (κ1) is 17.4. The van der Waals surface area contributed by atoms with E-state index >= 15 is 4.39 Å². The largest absolute Gasteiger partial charge is 0.364 e. The van der Waals surface area contributed by atoms with E-state index in [4.69, 9.17) is 0 Å². The highest BCUT2D eigenvalue weighted by Gasteiger charge is 2.32. The van der Waals surface area contributed by atoms with Gasteiger partial charge in [-0.05, 0) is 32.0 Å². The number of nitrogens with one attached hydrogen (secondary N) is 1. The van der Waals surface area contributed by atoms with Gasteiger partial charge in [0.25, 0.3) is 5.56 Å². The van der Waals surface area contributed by atoms with Crippen LogP contribution >= 0.6 is 0 Å². The minimum absolute atomic E-state index is 0.00713. The number of fused-ring (bicyclic) bond motifs is 2. The minimum Gasteiger partial charge on any atom is -0.364 e. The molecule has 3 aromatic rings. The topological polar surface area (TPSA) is 61.3 Å². The Hall–Kier alpha value is -2.74. The van der Waals surface area contributed by atoms with Crippen molar-refractivity contribution in [3.8, 4) is 0 Å². The number of likely N-dealkylation sites (N-methyl/N-ethyl adjacent to an activating group) is 1. The van der Waals surface area contributed by atoms with Crippen molar-refractivity contribution in [2.45, 2.75) is 18.9 Å². The lowest BCUT2D eigenvalue weighted by Crippen LogP contribution is -2.45. The molecule has 0 spiro atoms. The molecule has 5 rings (SSSR count). The molecular weight excluding hydrogens is 366 g/mol. The molecule has 8 heteroatoms. The van der Waals surface area contributed by atoms with Crippen LogP contribution in [0.3, 0.4) is 0 Å². The molecule has 0 radical (unpaired) electrons. The highest BCUT2D eigenvalue weighted by Crippen LogP contribution is 2.41. The maximum absolute atomic E-state index is 15.7. The van der Waals surface area contributed by atoms with Gasteiger partial charge in [0.05, 0.1) is 16.4 Å². The smallest absolute Gasteiger partial charge is 0.261 e. The van der Waals surface area contributed by atoms with Crippen molar-refractivity contribution < 1.29 is 8.78 Å². The molecular formula is C20H20F2N4O2. The summed E-state index contributed by atoms with van der Waals surface area (Å²) in [5.74, 6) is -1.48. The van der Waals surface area contributed by atoms with Crippen molar-refractivity contribution in [2.75, 3.05) is 38.1 Å². The van der Waals surface area contributed by atoms with E-state index in [1.165, 1.54) is 6.20 Å². The Morgan fingerprint density at radius 1 is 1.11 bits per heavy atom. The molecule has 0 unspecified atom stereocenters. The average Bonchev–Trinajstić information content (AvgIpc) is 3.49. The zero-order valence-electron chi connectivity index (χ0n) is 15.5. The van der Waals surface area contributed by atoms with Gasteiger partial charge in [0, 0.05) is 38.4 Å². The fourth-order valence-corrected chi connectivity index (χ4v) is 4.18. The first-order valence-electron chi connectivity index (χ1n) is 9.48. The van der Waals surface area contributed by atoms with Crippen LogP contribution in [0.15, 0.2) is 27.9 Å². The highest BCUT2D eigenvalue weighted by atomic mass is 19.1. The van der Waals surface area contributed by atoms with E-state index in [1.807, 2.05) is 7.05 Å². The predicted octanol–water partition coefficient (Wildman–Crippen LogP) is 2.21. The van der Waals surface area contributed by atoms with Gasteiger partial charge in [-0.3, -0.25) is 9.59 Å². The van der Waals surface area contributed by atoms with Gasteiger partial charge in [-0.15, -0.1) is 0 Å². The Balaban J connectivity index is 1.88. The number of nitrogens with zero attached hydrogens (tertiary/aromatic N) is 3. The number of halogens is 2. The van der Waals surface area contributed by atoms with Gasteiger partial charge in [-0.25, -0.2) is 8.78 Å². The van der Waals surface area contributed by atoms with Gasteiger partial charge in [0.1, 0.15) is 16.9 Å². The fourth-order valence-electron chi connectivity index (χ4n) is 4.18. The molecule has 2 fully saturated rings. The molecule has 1 aliphatic heterocycles. The summed E-state index contributed by atoms with van der Waals surface area (Å²) >= 11 is 0. The summed E-state index contributed by atoms with van der Waals surface area (Å²) in [5.41, 5.74) is -0.757. The number of aromatic nitrogens is 2. The lowest BCUT2D eigenvalue weighted by molar-refractivity contribution is 0.310. The van der Waals surface area contributed by atoms with Gasteiger partial charge in [-0.2, -0.15) is 0 Å². The number of H-pyrrole nitrogens is 1. The minimum atomic E-state index is -0.763. The number of aromatic amines is 1. The van der Waals surface area contributed by atoms with Crippen LogP contribution in [0.25, 0.3) is 21.8 Å². The number of hydrogen-bond donors (Lipinski definition) is 1. The van der Waals surface area contributed by atoms with Crippen LogP contribution < -0.4 is 15.9 Å². The molecule has 1 N–H and O–H groups in total. The van der Waals surface area contributed by atoms with Crippen molar-refractivity contribution >= 4 is 27.5 Å². The lowest BCUT2D eigenvalue weighted by Gasteiger charge is -2.34. The predicted molar refractivity (Wildman–Crippen MR) is 104 cm³/mol. The molecule has 0 atom stereocenters. The van der Waals surface area contributed by atoms with Crippen molar-refractivity contribution in [1.29, 1.82) is 0 Å². The molecule has 1 saturated carbocycles. The van der Waals surface area contributed by atoms with E-state index < -0.39 is 22.6 Å². The third-order valence-corrected chi connectivity index (χ3v) is 5.81. The second-order valence-corrected chi connectivity index (χ2v) is 7.70. The van der Waals surface area contributed by atoms with Crippen LogP contribution in [-0.4, -0.2) is 47.7 Å². The quantitative estimate of drug-likeness (QED) is 0.686. The summed E-state index contributed by atoms with van der Waals surface area (Å²) in [4.78, 5) is 31.5. The van der Waals surface area contributed by atoms with E-state index in [0.29, 0.717) is 31.7 Å². The molecule has 1 saturated heterocycles. The summed E-state index contributed by atoms with van der Waals surface area (Å²) in [6.45, 7) is 2.44. The number of benzene rings is 1. The molecule has 1 aromatic carbocycles. The number of anilines is 1. The van der Waals surface area contributed by atoms with E-state index in [0.717, 1.165) is 18.9 Å². The Kier molecular flexibility index (Phi) is 3.80. The lowest BCUT2D eigenvalue weighted by atomic mass is 10.1. The second-order valence-electron chi connectivity index (χ2n) is 7.70. The number of hydrogen-bond acceptors (Lipinski definition) is 4. The van der Waals surface area contributed by atoms with Gasteiger partial charge in [-0.1, -0.05) is 0 Å². The summed E-state index contributed by atoms with van der Waals surface area (Å²) in [6.07, 6.45) is 3.12. The SMILES string of the molecule is CN1CCN(c2c(F)cc3c(=O)c4c(=O)[nH]ccc4n(C4CC4)c3c2F)CC1. The van der Waals surface area contributed by atoms with Gasteiger partial charge >= 0.3 is 0 Å². The zero-order chi connectivity index (χ0) is 19.6. The Bertz CT molecular complexity index is 1220. The fraction of sp³-hybridized carbons (Fsp3) is 0.400. The maximum Gasteiger partial charge on any atom is 0.261 e. The molecule has 0 amide bonds. The third kappa shape index (κ3) is 2.47. The van der Waals surface area contributed by atoms with Gasteiger partial charge in [0.15, 0.2) is 5.82 Å². The Morgan fingerprint density at radius 3 is 2.50 bits per heavy atom. The van der Waals surface area contributed by atoms with Crippen molar-refractivity contribution in [3.63, 3.8) is 0 Å². The van der Waals surface area contributed by atoms with E-state index in [1.54, 1.807) is 15.5 Å². The highest BCUT2D eigenvalue weighted by molar-refractivity contribution is 5.95. The standard InChI is InChI=1S/C20H20F2N4O2/c1-24-6-8-25(9-7-24)18-13(21)10-12-17(16(18)22)26(11-2-3-11)14-4-5-23-20(28)15(14)19(12)27/h4-5,10-11H,2-3,6-9H2,1H3,(H,23,28). The van der Waals surface area contributed by atoms with E-state index in [9.17, 15) is 14.0 Å². The number of piperazine rings is 1. The number of pyridine rings is 2. The monoisotopic (exact) mass is 386 g/mol. The summed E-state index contributed by atoms with van der Waals surface area (Å²) < 4.78 is 32.4. The third-order valence-electron chi connectivity index (χ3n) is 5.81. The number of rotatable bonds is 2. The molecule has 28 heavy (non-hydrogen) atoms. The van der Waals surface area contributed by atoms with Gasteiger partial charge in [0.2, 0.25) is 5.43 Å². The van der Waals surface area contributed by atoms with E-state index in [-0.39, 0.29) is 28.0 Å². The Labute approximate surface area is 159 Å². The van der Waals surface area contributed by atoms with Crippen LogP contribution in [-0.2, 0) is 0 Å². The summed E-state index contributed by atoms with van der Waals surface area (Å²) in [7, 11) is 1.97. The van der Waals surface area contributed by atoms with Crippen LogP contribution in [0, 0.1) is 11.6 Å². The summed E-state index contributed by atoms with van der Waals surface area (Å²) in [6, 6.07) is 2.72. The second kappa shape index (κ2) is 6.13. The van der Waals surface area contributed by atoms with Crippen LogP contribution in [0.2, 0.25) is 0 Å². The molecule has 0 bridgehead atoms. The molecule has 6 nitrogen and oxygen atoms in total. The first-order valence-corrected chi connectivity index (χ1v) is 9.48. The van der Waals surface area contributed by atoms with Crippen molar-refractivity contribution in [2.24, 2.45) is 0 Å². The molecule has 146 valence electrons. The van der Waals surface area contributed by atoms with E-state index in [2.05, 4.69) is 9.88 Å². The molecule has 2 aromatic heterocycles. The van der Waals surface area contributed by atoms with Gasteiger partial charge < -0.3 is 19.4 Å². The van der Waals surface area contributed by atoms with Crippen LogP contribution in [0.4, 0.5) is 14.5 Å².